The average Bonchev–Trinajstić information content (AvgIpc) is 3.75. The number of carbonyl (C=O) groups excluding carboxylic acids is 1. The van der Waals surface area contributed by atoms with Gasteiger partial charge in [0.05, 0.1) is 24.0 Å². The summed E-state index contributed by atoms with van der Waals surface area (Å²) in [6.07, 6.45) is -0.895. The molecule has 1 aliphatic carbocycles. The van der Waals surface area contributed by atoms with Crippen molar-refractivity contribution < 1.29 is 32.6 Å². The highest BCUT2D eigenvalue weighted by atomic mass is 19.4. The molecule has 2 unspecified atom stereocenters. The number of rotatable bonds is 7. The summed E-state index contributed by atoms with van der Waals surface area (Å²) in [6.45, 7) is 3.71. The van der Waals surface area contributed by atoms with Crippen LogP contribution in [0.25, 0.3) is 0 Å². The number of hydrogen-bond donors (Lipinski definition) is 1. The molecule has 4 aliphatic rings. The van der Waals surface area contributed by atoms with Crippen molar-refractivity contribution in [1.29, 1.82) is 0 Å². The summed E-state index contributed by atoms with van der Waals surface area (Å²) in [6, 6.07) is 12.9. The number of ether oxygens (including phenoxy) is 1. The SMILES string of the molecule is COC[C@H]1CN(C(=O)C2CCN(C3Cc4ccccc4C3)C2)CC1c1ccc(C(F)(F)F)cc1N1CCC(C(=O)O)CC1. The number of anilines is 1. The van der Waals surface area contributed by atoms with Gasteiger partial charge in [-0.25, -0.2) is 0 Å². The fourth-order valence-corrected chi connectivity index (χ4v) is 7.83. The van der Waals surface area contributed by atoms with Crippen molar-refractivity contribution in [2.75, 3.05) is 57.9 Å². The van der Waals surface area contributed by atoms with Crippen molar-refractivity contribution in [1.82, 2.24) is 9.80 Å². The number of alkyl halides is 3. The van der Waals surface area contributed by atoms with Crippen LogP contribution in [0.15, 0.2) is 42.5 Å². The second kappa shape index (κ2) is 12.1. The average molecular weight is 600 g/mol. The van der Waals surface area contributed by atoms with Crippen LogP contribution >= 0.6 is 0 Å². The Morgan fingerprint density at radius 2 is 1.60 bits per heavy atom. The number of carbonyl (C=O) groups is 2. The van der Waals surface area contributed by atoms with Crippen LogP contribution < -0.4 is 4.90 Å². The Kier molecular flexibility index (Phi) is 8.43. The quantitative estimate of drug-likeness (QED) is 0.498. The van der Waals surface area contributed by atoms with Crippen LogP contribution in [0.1, 0.15) is 47.4 Å². The first kappa shape index (κ1) is 29.9. The van der Waals surface area contributed by atoms with Crippen LogP contribution in [0, 0.1) is 17.8 Å². The minimum absolute atomic E-state index is 0.0529. The van der Waals surface area contributed by atoms with Crippen molar-refractivity contribution in [3.05, 3.63) is 64.7 Å². The van der Waals surface area contributed by atoms with E-state index in [1.54, 1.807) is 13.2 Å². The maximum atomic E-state index is 13.9. The lowest BCUT2D eigenvalue weighted by atomic mass is 9.86. The fraction of sp³-hybridized carbons (Fsp3) is 0.576. The molecule has 10 heteroatoms. The van der Waals surface area contributed by atoms with Gasteiger partial charge in [0, 0.05) is 63.4 Å². The zero-order chi connectivity index (χ0) is 30.3. The van der Waals surface area contributed by atoms with Gasteiger partial charge in [-0.15, -0.1) is 0 Å². The van der Waals surface area contributed by atoms with E-state index in [2.05, 4.69) is 29.2 Å². The molecule has 3 aliphatic heterocycles. The van der Waals surface area contributed by atoms with E-state index in [0.717, 1.165) is 44.0 Å². The molecule has 0 spiro atoms. The second-order valence-corrected chi connectivity index (χ2v) is 12.7. The number of hydrogen-bond acceptors (Lipinski definition) is 5. The lowest BCUT2D eigenvalue weighted by Gasteiger charge is -2.35. The van der Waals surface area contributed by atoms with Gasteiger partial charge in [-0.3, -0.25) is 14.5 Å². The number of fused-ring (bicyclic) bond motifs is 1. The third kappa shape index (κ3) is 6.13. The lowest BCUT2D eigenvalue weighted by Crippen LogP contribution is -2.39. The molecule has 0 radical (unpaired) electrons. The van der Waals surface area contributed by atoms with E-state index in [4.69, 9.17) is 4.74 Å². The molecular weight excluding hydrogens is 559 g/mol. The summed E-state index contributed by atoms with van der Waals surface area (Å²) in [4.78, 5) is 31.6. The molecule has 3 atom stereocenters. The second-order valence-electron chi connectivity index (χ2n) is 12.7. The van der Waals surface area contributed by atoms with Gasteiger partial charge >= 0.3 is 12.1 Å². The third-order valence-corrected chi connectivity index (χ3v) is 10.2. The molecular formula is C33H40F3N3O4. The van der Waals surface area contributed by atoms with Crippen molar-refractivity contribution in [3.63, 3.8) is 0 Å². The van der Waals surface area contributed by atoms with Crippen LogP contribution in [0.4, 0.5) is 18.9 Å². The Bertz CT molecular complexity index is 1320. The van der Waals surface area contributed by atoms with Crippen LogP contribution in [0.2, 0.25) is 0 Å². The van der Waals surface area contributed by atoms with E-state index in [9.17, 15) is 27.9 Å². The van der Waals surface area contributed by atoms with Crippen LogP contribution in [0.3, 0.4) is 0 Å². The molecule has 0 bridgehead atoms. The number of carboxylic acid groups (broad SMARTS) is 1. The Labute approximate surface area is 250 Å². The Hall–Kier alpha value is -3.11. The molecule has 1 N–H and O–H groups in total. The molecule has 7 nitrogen and oxygen atoms in total. The lowest BCUT2D eigenvalue weighted by molar-refractivity contribution is -0.142. The van der Waals surface area contributed by atoms with E-state index < -0.39 is 23.6 Å². The number of benzene rings is 2. The smallest absolute Gasteiger partial charge is 0.416 e. The fourth-order valence-electron chi connectivity index (χ4n) is 7.83. The summed E-state index contributed by atoms with van der Waals surface area (Å²) in [5.74, 6) is -1.55. The van der Waals surface area contributed by atoms with Gasteiger partial charge in [0.25, 0.3) is 0 Å². The number of piperidine rings is 1. The maximum Gasteiger partial charge on any atom is 0.416 e. The zero-order valence-corrected chi connectivity index (χ0v) is 24.6. The van der Waals surface area contributed by atoms with Gasteiger partial charge in [0.15, 0.2) is 0 Å². The van der Waals surface area contributed by atoms with Crippen molar-refractivity contribution in [2.45, 2.75) is 50.2 Å². The topological polar surface area (TPSA) is 73.3 Å². The van der Waals surface area contributed by atoms with Gasteiger partial charge in [0.1, 0.15) is 0 Å². The molecule has 0 saturated carbocycles. The molecule has 2 aromatic rings. The van der Waals surface area contributed by atoms with E-state index in [0.29, 0.717) is 57.4 Å². The van der Waals surface area contributed by atoms with E-state index in [1.165, 1.54) is 17.2 Å². The number of aliphatic carboxylic acids is 1. The molecule has 0 aromatic heterocycles. The van der Waals surface area contributed by atoms with Crippen LogP contribution in [-0.4, -0.2) is 85.8 Å². The highest BCUT2D eigenvalue weighted by Crippen LogP contribution is 2.43. The predicted molar refractivity (Wildman–Crippen MR) is 156 cm³/mol. The molecule has 232 valence electrons. The highest BCUT2D eigenvalue weighted by Gasteiger charge is 2.43. The molecule has 43 heavy (non-hydrogen) atoms. The van der Waals surface area contributed by atoms with Crippen LogP contribution in [0.5, 0.6) is 0 Å². The first-order valence-corrected chi connectivity index (χ1v) is 15.4. The minimum Gasteiger partial charge on any atom is -0.481 e. The third-order valence-electron chi connectivity index (χ3n) is 10.2. The number of carboxylic acids is 1. The zero-order valence-electron chi connectivity index (χ0n) is 24.6. The normalized spacial score (nSPS) is 25.4. The molecule has 6 rings (SSSR count). The Morgan fingerprint density at radius 3 is 2.23 bits per heavy atom. The Balaban J connectivity index is 1.19. The van der Waals surface area contributed by atoms with Gasteiger partial charge in [-0.05, 0) is 67.5 Å². The first-order valence-electron chi connectivity index (χ1n) is 15.4. The molecule has 2 aromatic carbocycles. The van der Waals surface area contributed by atoms with Crippen molar-refractivity contribution >= 4 is 17.6 Å². The number of amides is 1. The van der Waals surface area contributed by atoms with Crippen LogP contribution in [-0.2, 0) is 33.3 Å². The predicted octanol–water partition coefficient (Wildman–Crippen LogP) is 4.68. The van der Waals surface area contributed by atoms with Gasteiger partial charge < -0.3 is 19.6 Å². The maximum absolute atomic E-state index is 13.9. The van der Waals surface area contributed by atoms with E-state index in [-0.39, 0.29) is 23.7 Å². The molecule has 3 fully saturated rings. The highest BCUT2D eigenvalue weighted by molar-refractivity contribution is 5.80. The summed E-state index contributed by atoms with van der Waals surface area (Å²) < 4.78 is 46.9. The number of nitrogens with zero attached hydrogens (tertiary/aromatic N) is 3. The van der Waals surface area contributed by atoms with Gasteiger partial charge in [-0.1, -0.05) is 30.3 Å². The van der Waals surface area contributed by atoms with Crippen molar-refractivity contribution in [2.24, 2.45) is 17.8 Å². The summed E-state index contributed by atoms with van der Waals surface area (Å²) in [7, 11) is 1.61. The Morgan fingerprint density at radius 1 is 0.930 bits per heavy atom. The van der Waals surface area contributed by atoms with Gasteiger partial charge in [0.2, 0.25) is 5.91 Å². The monoisotopic (exact) mass is 599 g/mol. The van der Waals surface area contributed by atoms with Gasteiger partial charge in [-0.2, -0.15) is 13.2 Å². The number of halogens is 3. The number of methoxy groups -OCH3 is 1. The standard InChI is InChI=1S/C33H40F3N3O4/c1-43-20-25-18-39(31(40)24-10-13-38(17-24)27-14-22-4-2-3-5-23(22)15-27)19-29(25)28-7-6-26(33(34,35)36)16-30(28)37-11-8-21(9-12-37)32(41)42/h2-7,16,21,24-25,27,29H,8-15,17-20H2,1H3,(H,41,42)/t24?,25-,29?/m1/s1. The number of likely N-dealkylation sites (tertiary alicyclic amines) is 2. The van der Waals surface area contributed by atoms with E-state index >= 15 is 0 Å². The first-order chi connectivity index (χ1) is 20.6. The minimum atomic E-state index is -4.49. The summed E-state index contributed by atoms with van der Waals surface area (Å²) >= 11 is 0. The van der Waals surface area contributed by atoms with E-state index in [1.807, 2.05) is 9.80 Å². The molecule has 3 heterocycles. The summed E-state index contributed by atoms with van der Waals surface area (Å²) in [5, 5.41) is 9.44. The molecule has 1 amide bonds. The largest absolute Gasteiger partial charge is 0.481 e. The van der Waals surface area contributed by atoms with Crippen molar-refractivity contribution in [3.8, 4) is 0 Å². The molecule has 3 saturated heterocycles. The summed E-state index contributed by atoms with van der Waals surface area (Å²) in [5.41, 5.74) is 3.34.